The van der Waals surface area contributed by atoms with E-state index in [1.807, 2.05) is 20.8 Å². The maximum atomic E-state index is 14.2. The first-order chi connectivity index (χ1) is 14.7. The molecule has 4 aromatic rings. The van der Waals surface area contributed by atoms with Crippen LogP contribution in [0.2, 0.25) is 0 Å². The van der Waals surface area contributed by atoms with Crippen LogP contribution in [0.5, 0.6) is 0 Å². The number of imidazole rings is 1. The Morgan fingerprint density at radius 2 is 1.97 bits per heavy atom. The molecule has 9 nitrogen and oxygen atoms in total. The lowest BCUT2D eigenvalue weighted by Gasteiger charge is -2.31. The number of benzene rings is 1. The molecule has 1 aliphatic heterocycles. The second-order valence-corrected chi connectivity index (χ2v) is 8.34. The quantitative estimate of drug-likeness (QED) is 0.521. The lowest BCUT2D eigenvalue weighted by Crippen LogP contribution is -2.41. The van der Waals surface area contributed by atoms with Gasteiger partial charge in [0.1, 0.15) is 5.52 Å². The minimum Gasteiger partial charge on any atom is -0.435 e. The fraction of sp³-hybridized carbons (Fsp3) is 0.350. The van der Waals surface area contributed by atoms with Crippen LogP contribution >= 0.6 is 0 Å². The largest absolute Gasteiger partial charge is 0.435 e. The number of nitrogens with zero attached hydrogens (tertiary/aromatic N) is 5. The van der Waals surface area contributed by atoms with E-state index in [9.17, 15) is 13.6 Å². The molecule has 5 rings (SSSR count). The molecule has 0 aliphatic carbocycles. The first-order valence-electron chi connectivity index (χ1n) is 9.65. The van der Waals surface area contributed by atoms with Crippen LogP contribution in [0.15, 0.2) is 27.3 Å². The number of carbonyl (C=O) groups is 1. The number of fused-ring (bicyclic) bond motifs is 2. The van der Waals surface area contributed by atoms with Gasteiger partial charge in [-0.05, 0) is 12.1 Å². The molecule has 1 atom stereocenters. The SMILES string of the molecule is CC(C)(C)c1nnc(C(=O)N2CCc3[nH]cnc3[C@H]2c2nc3c(F)ccc(F)c3o2)o1. The first-order valence-corrected chi connectivity index (χ1v) is 9.65. The molecule has 160 valence electrons. The van der Waals surface area contributed by atoms with Gasteiger partial charge in [-0.1, -0.05) is 20.8 Å². The smallest absolute Gasteiger partial charge is 0.312 e. The molecule has 1 aliphatic rings. The Hall–Kier alpha value is -3.63. The van der Waals surface area contributed by atoms with Gasteiger partial charge in [0.25, 0.3) is 0 Å². The molecule has 31 heavy (non-hydrogen) atoms. The minimum absolute atomic E-state index is 0.0593. The average molecular weight is 428 g/mol. The Bertz CT molecular complexity index is 1260. The topological polar surface area (TPSA) is 114 Å². The number of aromatic amines is 1. The van der Waals surface area contributed by atoms with Gasteiger partial charge in [-0.15, -0.1) is 10.2 Å². The predicted octanol–water partition coefficient (Wildman–Crippen LogP) is 3.30. The van der Waals surface area contributed by atoms with Gasteiger partial charge >= 0.3 is 11.8 Å². The lowest BCUT2D eigenvalue weighted by molar-refractivity contribution is 0.0623. The molecular weight excluding hydrogens is 410 g/mol. The maximum absolute atomic E-state index is 14.2. The van der Waals surface area contributed by atoms with Gasteiger partial charge in [0.2, 0.25) is 11.8 Å². The van der Waals surface area contributed by atoms with E-state index in [-0.39, 0.29) is 29.4 Å². The van der Waals surface area contributed by atoms with Crippen molar-refractivity contribution in [3.63, 3.8) is 0 Å². The van der Waals surface area contributed by atoms with Gasteiger partial charge < -0.3 is 18.7 Å². The van der Waals surface area contributed by atoms with Gasteiger partial charge in [0.05, 0.1) is 12.0 Å². The standard InChI is InChI=1S/C20H18F2N6O3/c1-20(2,3)19-27-26-17(31-19)18(29)28-7-6-11-13(24-8-23-11)14(28)16-25-12-9(21)4-5-10(22)15(12)30-16/h4-5,8,14H,6-7H2,1-3H3,(H,23,24)/t14-/m0/s1. The molecule has 0 fully saturated rings. The molecular formula is C20H18F2N6O3. The highest BCUT2D eigenvalue weighted by molar-refractivity contribution is 5.90. The summed E-state index contributed by atoms with van der Waals surface area (Å²) in [4.78, 5) is 26.2. The Morgan fingerprint density at radius 1 is 1.19 bits per heavy atom. The number of aromatic nitrogens is 5. The predicted molar refractivity (Wildman–Crippen MR) is 102 cm³/mol. The van der Waals surface area contributed by atoms with E-state index in [0.29, 0.717) is 18.0 Å². The molecule has 4 heterocycles. The van der Waals surface area contributed by atoms with E-state index in [2.05, 4.69) is 25.1 Å². The summed E-state index contributed by atoms with van der Waals surface area (Å²) in [7, 11) is 0. The number of hydrogen-bond donors (Lipinski definition) is 1. The monoisotopic (exact) mass is 428 g/mol. The summed E-state index contributed by atoms with van der Waals surface area (Å²) in [6.07, 6.45) is 1.97. The van der Waals surface area contributed by atoms with Crippen molar-refractivity contribution < 1.29 is 22.4 Å². The fourth-order valence-corrected chi connectivity index (χ4v) is 3.56. The van der Waals surface area contributed by atoms with E-state index in [1.165, 1.54) is 11.2 Å². The third-order valence-corrected chi connectivity index (χ3v) is 5.13. The third-order valence-electron chi connectivity index (χ3n) is 5.13. The van der Waals surface area contributed by atoms with Crippen LogP contribution in [0.25, 0.3) is 11.1 Å². The molecule has 0 unspecified atom stereocenters. The van der Waals surface area contributed by atoms with E-state index in [4.69, 9.17) is 8.83 Å². The van der Waals surface area contributed by atoms with Crippen molar-refractivity contribution >= 4 is 17.0 Å². The van der Waals surface area contributed by atoms with Gasteiger partial charge in [-0.25, -0.2) is 18.7 Å². The van der Waals surface area contributed by atoms with Crippen molar-refractivity contribution in [1.29, 1.82) is 0 Å². The summed E-state index contributed by atoms with van der Waals surface area (Å²) < 4.78 is 39.6. The van der Waals surface area contributed by atoms with E-state index in [1.54, 1.807) is 0 Å². The maximum Gasteiger partial charge on any atom is 0.312 e. The molecule has 0 spiro atoms. The van der Waals surface area contributed by atoms with Crippen molar-refractivity contribution in [2.24, 2.45) is 0 Å². The zero-order valence-electron chi connectivity index (χ0n) is 16.9. The summed E-state index contributed by atoms with van der Waals surface area (Å²) in [5.74, 6) is -1.97. The Kier molecular flexibility index (Phi) is 4.17. The van der Waals surface area contributed by atoms with Gasteiger partial charge in [0, 0.05) is 24.1 Å². The summed E-state index contributed by atoms with van der Waals surface area (Å²) in [5, 5.41) is 7.86. The molecule has 3 aromatic heterocycles. The Labute approximate surface area is 174 Å². The molecule has 0 bridgehead atoms. The Morgan fingerprint density at radius 3 is 2.68 bits per heavy atom. The highest BCUT2D eigenvalue weighted by atomic mass is 19.1. The van der Waals surface area contributed by atoms with Crippen molar-refractivity contribution in [2.75, 3.05) is 6.54 Å². The normalized spacial score (nSPS) is 16.7. The van der Waals surface area contributed by atoms with Gasteiger partial charge in [-0.3, -0.25) is 4.79 Å². The second-order valence-electron chi connectivity index (χ2n) is 8.34. The van der Waals surface area contributed by atoms with Crippen molar-refractivity contribution in [3.8, 4) is 0 Å². The molecule has 1 amide bonds. The number of carbonyl (C=O) groups excluding carboxylic acids is 1. The number of amides is 1. The number of rotatable bonds is 2. The zero-order valence-corrected chi connectivity index (χ0v) is 16.9. The third kappa shape index (κ3) is 3.07. The summed E-state index contributed by atoms with van der Waals surface area (Å²) in [5.41, 5.74) is 0.244. The van der Waals surface area contributed by atoms with Crippen molar-refractivity contribution in [2.45, 2.75) is 38.6 Å². The molecule has 11 heteroatoms. The van der Waals surface area contributed by atoms with Gasteiger partial charge in [0.15, 0.2) is 23.3 Å². The highest BCUT2D eigenvalue weighted by Gasteiger charge is 2.40. The number of H-pyrrole nitrogens is 1. The van der Waals surface area contributed by atoms with E-state index >= 15 is 0 Å². The molecule has 0 radical (unpaired) electrons. The highest BCUT2D eigenvalue weighted by Crippen LogP contribution is 2.36. The second kappa shape index (κ2) is 6.69. The van der Waals surface area contributed by atoms with Crippen molar-refractivity contribution in [1.82, 2.24) is 30.0 Å². The number of nitrogens with one attached hydrogen (secondary N) is 1. The number of halogens is 2. The molecule has 0 saturated carbocycles. The van der Waals surface area contributed by atoms with Crippen LogP contribution in [0.3, 0.4) is 0 Å². The van der Waals surface area contributed by atoms with Crippen LogP contribution in [-0.4, -0.2) is 42.5 Å². The average Bonchev–Trinajstić information content (AvgIpc) is 3.47. The summed E-state index contributed by atoms with van der Waals surface area (Å²) in [6, 6.07) is 1.02. The summed E-state index contributed by atoms with van der Waals surface area (Å²) >= 11 is 0. The van der Waals surface area contributed by atoms with Crippen LogP contribution in [-0.2, 0) is 11.8 Å². The fourth-order valence-electron chi connectivity index (χ4n) is 3.56. The summed E-state index contributed by atoms with van der Waals surface area (Å²) in [6.45, 7) is 5.91. The van der Waals surface area contributed by atoms with Crippen molar-refractivity contribution in [3.05, 3.63) is 59.2 Å². The number of oxazole rings is 1. The van der Waals surface area contributed by atoms with Gasteiger partial charge in [-0.2, -0.15) is 0 Å². The molecule has 1 N–H and O–H groups in total. The molecule has 1 aromatic carbocycles. The Balaban J connectivity index is 1.61. The van der Waals surface area contributed by atoms with Crippen LogP contribution in [0.4, 0.5) is 8.78 Å². The zero-order chi connectivity index (χ0) is 21.9. The van der Waals surface area contributed by atoms with E-state index in [0.717, 1.165) is 17.8 Å². The molecule has 0 saturated heterocycles. The number of hydrogen-bond acceptors (Lipinski definition) is 7. The van der Waals surface area contributed by atoms with Crippen LogP contribution < -0.4 is 0 Å². The minimum atomic E-state index is -0.918. The van der Waals surface area contributed by atoms with E-state index < -0.39 is 29.0 Å². The van der Waals surface area contributed by atoms with Crippen LogP contribution in [0.1, 0.15) is 60.7 Å². The first kappa shape index (κ1) is 19.3. The van der Waals surface area contributed by atoms with Crippen LogP contribution in [0, 0.1) is 11.6 Å². The lowest BCUT2D eigenvalue weighted by atomic mass is 9.97.